The third-order valence-electron chi connectivity index (χ3n) is 3.60. The first-order valence-electron chi connectivity index (χ1n) is 7.77. The highest BCUT2D eigenvalue weighted by molar-refractivity contribution is 5.82. The average molecular weight is 346 g/mol. The van der Waals surface area contributed by atoms with Gasteiger partial charge in [-0.3, -0.25) is 9.69 Å². The van der Waals surface area contributed by atoms with Gasteiger partial charge in [0, 0.05) is 13.1 Å². The lowest BCUT2D eigenvalue weighted by molar-refractivity contribution is -0.166. The second-order valence-corrected chi connectivity index (χ2v) is 5.47. The Bertz CT molecular complexity index is 552. The Morgan fingerprint density at radius 2 is 2.25 bits per heavy atom. The maximum atomic E-state index is 12.6. The van der Waals surface area contributed by atoms with Gasteiger partial charge in [-0.25, -0.2) is 0 Å². The molecule has 0 aromatic heterocycles. The Morgan fingerprint density at radius 1 is 1.46 bits per heavy atom. The van der Waals surface area contributed by atoms with E-state index in [0.29, 0.717) is 12.4 Å². The summed E-state index contributed by atoms with van der Waals surface area (Å²) < 4.78 is 48.4. The minimum atomic E-state index is -4.35. The van der Waals surface area contributed by atoms with Gasteiger partial charge in [0.1, 0.15) is 11.8 Å². The highest BCUT2D eigenvalue weighted by atomic mass is 19.4. The lowest BCUT2D eigenvalue weighted by Gasteiger charge is -2.34. The number of halogens is 3. The van der Waals surface area contributed by atoms with Crippen LogP contribution in [-0.4, -0.2) is 55.9 Å². The number of nitrogens with zero attached hydrogens (tertiary/aromatic N) is 1. The fourth-order valence-corrected chi connectivity index (χ4v) is 2.52. The molecule has 1 saturated heterocycles. The van der Waals surface area contributed by atoms with Gasteiger partial charge < -0.3 is 14.8 Å². The van der Waals surface area contributed by atoms with Crippen LogP contribution in [0.3, 0.4) is 0 Å². The van der Waals surface area contributed by atoms with Gasteiger partial charge in [-0.1, -0.05) is 12.1 Å². The van der Waals surface area contributed by atoms with E-state index in [9.17, 15) is 18.0 Å². The van der Waals surface area contributed by atoms with Gasteiger partial charge >= 0.3 is 6.18 Å². The van der Waals surface area contributed by atoms with Gasteiger partial charge in [-0.15, -0.1) is 0 Å². The van der Waals surface area contributed by atoms with E-state index in [1.165, 1.54) is 0 Å². The first kappa shape index (κ1) is 18.5. The molecule has 1 amide bonds. The van der Waals surface area contributed by atoms with Crippen molar-refractivity contribution in [3.63, 3.8) is 0 Å². The van der Waals surface area contributed by atoms with Crippen molar-refractivity contribution in [2.45, 2.75) is 25.7 Å². The molecule has 134 valence electrons. The van der Waals surface area contributed by atoms with Crippen LogP contribution in [0.2, 0.25) is 0 Å². The van der Waals surface area contributed by atoms with Crippen LogP contribution in [-0.2, 0) is 16.1 Å². The van der Waals surface area contributed by atoms with Gasteiger partial charge in [0.05, 0.1) is 26.4 Å². The normalized spacial score (nSPS) is 19.1. The monoisotopic (exact) mass is 346 g/mol. The molecule has 0 spiro atoms. The van der Waals surface area contributed by atoms with E-state index >= 15 is 0 Å². The zero-order valence-electron chi connectivity index (χ0n) is 13.4. The first-order chi connectivity index (χ1) is 11.4. The van der Waals surface area contributed by atoms with Gasteiger partial charge in [0.25, 0.3) is 0 Å². The molecular formula is C16H21F3N2O3. The van der Waals surface area contributed by atoms with E-state index in [-0.39, 0.29) is 26.3 Å². The molecule has 24 heavy (non-hydrogen) atoms. The van der Waals surface area contributed by atoms with E-state index in [4.69, 9.17) is 9.47 Å². The molecule has 0 radical (unpaired) electrons. The molecule has 1 fully saturated rings. The molecule has 1 atom stereocenters. The molecule has 1 N–H and O–H groups in total. The van der Waals surface area contributed by atoms with Crippen LogP contribution in [0.25, 0.3) is 0 Å². The van der Waals surface area contributed by atoms with E-state index in [0.717, 1.165) is 10.5 Å². The molecule has 1 aromatic carbocycles. The lowest BCUT2D eigenvalue weighted by atomic mass is 10.2. The van der Waals surface area contributed by atoms with Crippen molar-refractivity contribution < 1.29 is 27.4 Å². The number of alkyl halides is 3. The number of benzene rings is 1. The van der Waals surface area contributed by atoms with Crippen molar-refractivity contribution in [2.75, 3.05) is 32.9 Å². The Morgan fingerprint density at radius 3 is 2.96 bits per heavy atom. The largest absolute Gasteiger partial charge is 0.494 e. The molecule has 1 heterocycles. The fourth-order valence-electron chi connectivity index (χ4n) is 2.52. The molecule has 0 aliphatic carbocycles. The van der Waals surface area contributed by atoms with Crippen LogP contribution in [0.4, 0.5) is 13.2 Å². The van der Waals surface area contributed by atoms with Crippen molar-refractivity contribution in [3.05, 3.63) is 29.8 Å². The summed E-state index contributed by atoms with van der Waals surface area (Å²) in [5, 5.41) is 2.67. The highest BCUT2D eigenvalue weighted by Crippen LogP contribution is 2.20. The van der Waals surface area contributed by atoms with Crippen molar-refractivity contribution in [2.24, 2.45) is 0 Å². The van der Waals surface area contributed by atoms with Crippen LogP contribution < -0.4 is 10.1 Å². The number of hydrogen-bond acceptors (Lipinski definition) is 4. The first-order valence-corrected chi connectivity index (χ1v) is 7.77. The quantitative estimate of drug-likeness (QED) is 0.856. The van der Waals surface area contributed by atoms with Crippen LogP contribution in [0.1, 0.15) is 12.5 Å². The Kier molecular flexibility index (Phi) is 6.44. The van der Waals surface area contributed by atoms with Crippen LogP contribution in [0, 0.1) is 0 Å². The maximum absolute atomic E-state index is 12.6. The standard InChI is InChI=1S/C16H21F3N2O3/c1-2-24-13-5-3-4-12(8-13)9-20-15(22)14-10-23-7-6-21(14)11-16(17,18)19/h3-5,8,14H,2,6-7,9-11H2,1H3,(H,20,22). The third kappa shape index (κ3) is 5.68. The van der Waals surface area contributed by atoms with Crippen LogP contribution >= 0.6 is 0 Å². The molecule has 0 saturated carbocycles. The Labute approximate surface area is 138 Å². The van der Waals surface area contributed by atoms with Crippen molar-refractivity contribution >= 4 is 5.91 Å². The number of rotatable bonds is 6. The number of ether oxygens (including phenoxy) is 2. The third-order valence-corrected chi connectivity index (χ3v) is 3.60. The number of carbonyl (C=O) groups excluding carboxylic acids is 1. The average Bonchev–Trinajstić information content (AvgIpc) is 2.52. The predicted molar refractivity (Wildman–Crippen MR) is 81.7 cm³/mol. The zero-order valence-corrected chi connectivity index (χ0v) is 13.4. The van der Waals surface area contributed by atoms with Crippen LogP contribution in [0.15, 0.2) is 24.3 Å². The van der Waals surface area contributed by atoms with Crippen molar-refractivity contribution in [1.82, 2.24) is 10.2 Å². The molecule has 2 rings (SSSR count). The minimum absolute atomic E-state index is 0.0408. The Balaban J connectivity index is 1.93. The minimum Gasteiger partial charge on any atom is -0.494 e. The fraction of sp³-hybridized carbons (Fsp3) is 0.562. The number of nitrogens with one attached hydrogen (secondary N) is 1. The second kappa shape index (κ2) is 8.34. The summed E-state index contributed by atoms with van der Waals surface area (Å²) in [5.41, 5.74) is 0.813. The SMILES string of the molecule is CCOc1cccc(CNC(=O)C2COCCN2CC(F)(F)F)c1. The van der Waals surface area contributed by atoms with E-state index in [1.807, 2.05) is 13.0 Å². The molecule has 5 nitrogen and oxygen atoms in total. The second-order valence-electron chi connectivity index (χ2n) is 5.47. The molecular weight excluding hydrogens is 325 g/mol. The molecule has 1 aromatic rings. The van der Waals surface area contributed by atoms with Gasteiger partial charge in [-0.05, 0) is 24.6 Å². The number of morpholine rings is 1. The topological polar surface area (TPSA) is 50.8 Å². The summed E-state index contributed by atoms with van der Waals surface area (Å²) in [4.78, 5) is 13.4. The lowest BCUT2D eigenvalue weighted by Crippen LogP contribution is -2.55. The number of amides is 1. The van der Waals surface area contributed by atoms with Gasteiger partial charge in [-0.2, -0.15) is 13.2 Å². The summed E-state index contributed by atoms with van der Waals surface area (Å²) in [6.45, 7) is 1.73. The molecule has 8 heteroatoms. The van der Waals surface area contributed by atoms with Crippen molar-refractivity contribution in [1.29, 1.82) is 0 Å². The number of carbonyl (C=O) groups is 1. The van der Waals surface area contributed by atoms with E-state index < -0.39 is 24.7 Å². The summed E-state index contributed by atoms with van der Waals surface area (Å²) in [6, 6.07) is 6.26. The number of hydrogen-bond donors (Lipinski definition) is 1. The summed E-state index contributed by atoms with van der Waals surface area (Å²) >= 11 is 0. The summed E-state index contributed by atoms with van der Waals surface area (Å²) in [7, 11) is 0. The molecule has 1 aliphatic heterocycles. The van der Waals surface area contributed by atoms with Gasteiger partial charge in [0.15, 0.2) is 0 Å². The molecule has 0 bridgehead atoms. The predicted octanol–water partition coefficient (Wildman–Crippen LogP) is 1.96. The van der Waals surface area contributed by atoms with Gasteiger partial charge in [0.2, 0.25) is 5.91 Å². The maximum Gasteiger partial charge on any atom is 0.401 e. The molecule has 1 unspecified atom stereocenters. The highest BCUT2D eigenvalue weighted by Gasteiger charge is 2.38. The molecule has 1 aliphatic rings. The van der Waals surface area contributed by atoms with E-state index in [1.54, 1.807) is 18.2 Å². The van der Waals surface area contributed by atoms with Crippen molar-refractivity contribution in [3.8, 4) is 5.75 Å². The Hall–Kier alpha value is -1.80. The van der Waals surface area contributed by atoms with Crippen LogP contribution in [0.5, 0.6) is 5.75 Å². The summed E-state index contributed by atoms with van der Waals surface area (Å²) in [5.74, 6) is 0.213. The smallest absolute Gasteiger partial charge is 0.401 e. The summed E-state index contributed by atoms with van der Waals surface area (Å²) in [6.07, 6.45) is -4.35. The van der Waals surface area contributed by atoms with E-state index in [2.05, 4.69) is 5.32 Å². The zero-order chi connectivity index (χ0) is 17.6.